The average Bonchev–Trinajstić information content (AvgIpc) is 2.84. The predicted molar refractivity (Wildman–Crippen MR) is 127 cm³/mol. The number of hydrogen-bond donors (Lipinski definition) is 0. The van der Waals surface area contributed by atoms with Gasteiger partial charge in [-0.1, -0.05) is 50.7 Å². The van der Waals surface area contributed by atoms with Crippen molar-refractivity contribution in [1.29, 1.82) is 0 Å². The number of hydrogen-bond acceptors (Lipinski definition) is 3. The fraction of sp³-hybridized carbons (Fsp3) is 0.704. The average molecular weight is 441 g/mol. The summed E-state index contributed by atoms with van der Waals surface area (Å²) in [6, 6.07) is 7.77. The Morgan fingerprint density at radius 2 is 1.50 bits per heavy atom. The summed E-state index contributed by atoms with van der Waals surface area (Å²) in [4.78, 5) is 30.9. The Balaban J connectivity index is 1.62. The zero-order valence-electron chi connectivity index (χ0n) is 19.8. The summed E-state index contributed by atoms with van der Waals surface area (Å²) in [5.74, 6) is 1.25. The van der Waals surface area contributed by atoms with E-state index in [1.165, 1.54) is 19.3 Å². The van der Waals surface area contributed by atoms with Gasteiger partial charge in [0.25, 0.3) is 5.91 Å². The molecule has 0 unspecified atom stereocenters. The third kappa shape index (κ3) is 5.47. The first kappa shape index (κ1) is 23.1. The van der Waals surface area contributed by atoms with Gasteiger partial charge in [-0.2, -0.15) is 0 Å². The van der Waals surface area contributed by atoms with Gasteiger partial charge in [0.05, 0.1) is 11.6 Å². The number of fused-ring (bicyclic) bond motifs is 2. The summed E-state index contributed by atoms with van der Waals surface area (Å²) in [7, 11) is 1.89. The van der Waals surface area contributed by atoms with Gasteiger partial charge in [-0.3, -0.25) is 9.59 Å². The minimum Gasteiger partial charge on any atom is -0.487 e. The lowest BCUT2D eigenvalue weighted by atomic mass is 9.85. The summed E-state index contributed by atoms with van der Waals surface area (Å²) in [5.41, 5.74) is 0.640. The van der Waals surface area contributed by atoms with Crippen LogP contribution in [0.1, 0.15) is 93.8 Å². The first-order valence-corrected chi connectivity index (χ1v) is 13.0. The monoisotopic (exact) mass is 440 g/mol. The Morgan fingerprint density at radius 1 is 0.844 bits per heavy atom. The second kappa shape index (κ2) is 11.2. The summed E-state index contributed by atoms with van der Waals surface area (Å²) in [6.45, 7) is 1.60. The molecule has 176 valence electrons. The van der Waals surface area contributed by atoms with Crippen molar-refractivity contribution in [3.05, 3.63) is 29.8 Å². The second-order valence-corrected chi connectivity index (χ2v) is 10.0. The summed E-state index contributed by atoms with van der Waals surface area (Å²) < 4.78 is 6.59. The Kier molecular flexibility index (Phi) is 8.10. The first-order chi connectivity index (χ1) is 15.6. The van der Waals surface area contributed by atoms with Crippen molar-refractivity contribution in [3.8, 4) is 5.75 Å². The fourth-order valence-electron chi connectivity index (χ4n) is 5.80. The van der Waals surface area contributed by atoms with E-state index in [0.717, 1.165) is 77.3 Å². The smallest absolute Gasteiger partial charge is 0.257 e. The molecule has 0 bridgehead atoms. The molecule has 1 aromatic carbocycles. The SMILES string of the molecule is CN1CCCCCCN(C(=O)C2CCCCC2)[C@@H]2CCCC[C@@H]2Oc2ccccc2C1=O. The van der Waals surface area contributed by atoms with Crippen molar-refractivity contribution in [2.75, 3.05) is 20.1 Å². The van der Waals surface area contributed by atoms with Crippen LogP contribution in [0.3, 0.4) is 0 Å². The van der Waals surface area contributed by atoms with E-state index in [1.807, 2.05) is 36.2 Å². The molecule has 1 aliphatic heterocycles. The van der Waals surface area contributed by atoms with Crippen LogP contribution in [0.5, 0.6) is 5.75 Å². The van der Waals surface area contributed by atoms with E-state index in [-0.39, 0.29) is 24.0 Å². The van der Waals surface area contributed by atoms with Crippen LogP contribution in [0.2, 0.25) is 0 Å². The van der Waals surface area contributed by atoms with Gasteiger partial charge in [0, 0.05) is 26.1 Å². The van der Waals surface area contributed by atoms with E-state index < -0.39 is 0 Å². The van der Waals surface area contributed by atoms with Crippen molar-refractivity contribution < 1.29 is 14.3 Å². The van der Waals surface area contributed by atoms with Gasteiger partial charge < -0.3 is 14.5 Å². The molecule has 1 aromatic rings. The van der Waals surface area contributed by atoms with Gasteiger partial charge in [0.1, 0.15) is 11.9 Å². The number of benzene rings is 1. The Hall–Kier alpha value is -2.04. The predicted octanol–water partition coefficient (Wildman–Crippen LogP) is 5.43. The van der Waals surface area contributed by atoms with Gasteiger partial charge in [0.2, 0.25) is 5.91 Å². The normalized spacial score (nSPS) is 26.5. The molecule has 2 fully saturated rings. The second-order valence-electron chi connectivity index (χ2n) is 10.0. The van der Waals surface area contributed by atoms with Crippen molar-refractivity contribution in [2.24, 2.45) is 5.92 Å². The van der Waals surface area contributed by atoms with Crippen LogP contribution < -0.4 is 4.74 Å². The molecule has 0 saturated heterocycles. The highest BCUT2D eigenvalue weighted by molar-refractivity contribution is 5.96. The van der Waals surface area contributed by atoms with Crippen molar-refractivity contribution in [2.45, 2.75) is 95.6 Å². The first-order valence-electron chi connectivity index (χ1n) is 13.0. The van der Waals surface area contributed by atoms with Crippen molar-refractivity contribution in [1.82, 2.24) is 9.80 Å². The molecule has 2 saturated carbocycles. The Bertz CT molecular complexity index is 774. The van der Waals surface area contributed by atoms with Gasteiger partial charge in [0.15, 0.2) is 0 Å². The highest BCUT2D eigenvalue weighted by Gasteiger charge is 2.37. The third-order valence-corrected chi connectivity index (χ3v) is 7.69. The van der Waals surface area contributed by atoms with Crippen LogP contribution in [0.25, 0.3) is 0 Å². The Labute approximate surface area is 193 Å². The van der Waals surface area contributed by atoms with Crippen LogP contribution >= 0.6 is 0 Å². The maximum Gasteiger partial charge on any atom is 0.257 e. The molecule has 2 amide bonds. The quantitative estimate of drug-likeness (QED) is 0.585. The summed E-state index contributed by atoms with van der Waals surface area (Å²) in [5, 5.41) is 0. The van der Waals surface area contributed by atoms with E-state index >= 15 is 0 Å². The molecular formula is C27H40N2O3. The molecule has 0 aromatic heterocycles. The van der Waals surface area contributed by atoms with E-state index in [1.54, 1.807) is 0 Å². The maximum atomic E-state index is 13.7. The highest BCUT2D eigenvalue weighted by atomic mass is 16.5. The molecule has 4 rings (SSSR count). The zero-order chi connectivity index (χ0) is 22.3. The molecule has 0 spiro atoms. The summed E-state index contributed by atoms with van der Waals surface area (Å²) in [6.07, 6.45) is 14.1. The third-order valence-electron chi connectivity index (χ3n) is 7.69. The standard InChI is InChI=1S/C27H40N2O3/c1-28-19-11-2-3-12-20-29(26(30)21-13-5-4-6-14-21)23-16-8-10-18-25(23)32-24-17-9-7-15-22(24)27(28)31/h7,9,15,17,21,23,25H,2-6,8,10-14,16,18-20H2,1H3/t23-,25+/m1/s1. The van der Waals surface area contributed by atoms with Crippen LogP contribution in [0.15, 0.2) is 24.3 Å². The van der Waals surface area contributed by atoms with E-state index in [9.17, 15) is 9.59 Å². The molecule has 0 N–H and O–H groups in total. The molecule has 2 aliphatic carbocycles. The number of nitrogens with zero attached hydrogens (tertiary/aromatic N) is 2. The lowest BCUT2D eigenvalue weighted by molar-refractivity contribution is -0.142. The number of rotatable bonds is 1. The Morgan fingerprint density at radius 3 is 2.31 bits per heavy atom. The molecular weight excluding hydrogens is 400 g/mol. The minimum atomic E-state index is -0.0431. The molecule has 2 atom stereocenters. The molecule has 5 heteroatoms. The van der Waals surface area contributed by atoms with E-state index in [2.05, 4.69) is 4.90 Å². The van der Waals surface area contributed by atoms with Crippen LogP contribution in [0, 0.1) is 5.92 Å². The topological polar surface area (TPSA) is 49.9 Å². The van der Waals surface area contributed by atoms with E-state index in [0.29, 0.717) is 17.2 Å². The van der Waals surface area contributed by atoms with Gasteiger partial charge in [-0.15, -0.1) is 0 Å². The summed E-state index contributed by atoms with van der Waals surface area (Å²) >= 11 is 0. The van der Waals surface area contributed by atoms with E-state index in [4.69, 9.17) is 4.74 Å². The fourth-order valence-corrected chi connectivity index (χ4v) is 5.80. The lowest BCUT2D eigenvalue weighted by Crippen LogP contribution is -2.53. The molecule has 32 heavy (non-hydrogen) atoms. The van der Waals surface area contributed by atoms with Crippen LogP contribution in [0.4, 0.5) is 0 Å². The van der Waals surface area contributed by atoms with Gasteiger partial charge >= 0.3 is 0 Å². The molecule has 3 aliphatic rings. The molecule has 0 radical (unpaired) electrons. The number of carbonyl (C=O) groups is 2. The zero-order valence-corrected chi connectivity index (χ0v) is 19.8. The van der Waals surface area contributed by atoms with Gasteiger partial charge in [-0.05, 0) is 57.1 Å². The number of para-hydroxylation sites is 1. The number of ether oxygens (including phenoxy) is 1. The number of carbonyl (C=O) groups excluding carboxylic acids is 2. The number of amides is 2. The van der Waals surface area contributed by atoms with Crippen LogP contribution in [-0.4, -0.2) is 53.9 Å². The lowest BCUT2D eigenvalue weighted by Gasteiger charge is -2.42. The van der Waals surface area contributed by atoms with Gasteiger partial charge in [-0.25, -0.2) is 0 Å². The molecule has 1 heterocycles. The molecule has 5 nitrogen and oxygen atoms in total. The largest absolute Gasteiger partial charge is 0.487 e. The van der Waals surface area contributed by atoms with Crippen molar-refractivity contribution >= 4 is 11.8 Å². The van der Waals surface area contributed by atoms with Crippen molar-refractivity contribution in [3.63, 3.8) is 0 Å². The maximum absolute atomic E-state index is 13.7. The minimum absolute atomic E-state index is 0.0279. The highest BCUT2D eigenvalue weighted by Crippen LogP contribution is 2.33. The van der Waals surface area contributed by atoms with Crippen LogP contribution in [-0.2, 0) is 4.79 Å².